The minimum atomic E-state index is -0.948. The largest absolute Gasteiger partial charge is 0.481 e. The van der Waals surface area contributed by atoms with Crippen molar-refractivity contribution in [1.29, 1.82) is 0 Å². The van der Waals surface area contributed by atoms with Crippen LogP contribution in [0.1, 0.15) is 26.2 Å². The average molecular weight is 244 g/mol. The van der Waals surface area contributed by atoms with E-state index in [0.717, 1.165) is 6.42 Å². The third kappa shape index (κ3) is 3.98. The molecule has 4 N–H and O–H groups in total. The third-order valence-corrected chi connectivity index (χ3v) is 3.21. The van der Waals surface area contributed by atoms with Crippen LogP contribution in [-0.2, 0) is 9.59 Å². The summed E-state index contributed by atoms with van der Waals surface area (Å²) in [6.45, 7) is 2.81. The summed E-state index contributed by atoms with van der Waals surface area (Å²) in [5.41, 5.74) is 5.65. The van der Waals surface area contributed by atoms with Crippen LogP contribution >= 0.6 is 0 Å². The minimum Gasteiger partial charge on any atom is -0.481 e. The molecule has 1 rings (SSSR count). The number of nitrogens with two attached hydrogens (primary N) is 1. The molecule has 98 valence electrons. The van der Waals surface area contributed by atoms with E-state index in [2.05, 4.69) is 0 Å². The molecule has 1 fully saturated rings. The standard InChI is InChI=1S/C11H20N2O4/c1-7(14)8-4-5-13(6-8)11(17)9(12)2-3-10(15)16/h7-9,14H,2-6,12H2,1H3,(H,15,16). The Morgan fingerprint density at radius 1 is 1.53 bits per heavy atom. The molecular formula is C11H20N2O4. The predicted molar refractivity (Wildman–Crippen MR) is 61.2 cm³/mol. The fourth-order valence-electron chi connectivity index (χ4n) is 2.02. The normalized spacial score (nSPS) is 23.5. The molecule has 1 aliphatic rings. The van der Waals surface area contributed by atoms with Gasteiger partial charge < -0.3 is 20.8 Å². The number of carboxylic acids is 1. The van der Waals surface area contributed by atoms with Gasteiger partial charge in [0.1, 0.15) is 0 Å². The number of carbonyl (C=O) groups is 2. The number of hydrogen-bond acceptors (Lipinski definition) is 4. The van der Waals surface area contributed by atoms with Gasteiger partial charge in [-0.2, -0.15) is 0 Å². The number of carboxylic acid groups (broad SMARTS) is 1. The zero-order valence-electron chi connectivity index (χ0n) is 10.0. The number of aliphatic hydroxyl groups excluding tert-OH is 1. The molecule has 0 spiro atoms. The molecule has 3 unspecified atom stereocenters. The summed E-state index contributed by atoms with van der Waals surface area (Å²) in [7, 11) is 0. The van der Waals surface area contributed by atoms with Gasteiger partial charge in [-0.1, -0.05) is 0 Å². The number of nitrogens with zero attached hydrogens (tertiary/aromatic N) is 1. The van der Waals surface area contributed by atoms with E-state index >= 15 is 0 Å². The Balaban J connectivity index is 2.40. The van der Waals surface area contributed by atoms with Crippen LogP contribution in [0.5, 0.6) is 0 Å². The molecule has 0 radical (unpaired) electrons. The summed E-state index contributed by atoms with van der Waals surface area (Å²) in [6.07, 6.45) is 0.405. The Morgan fingerprint density at radius 3 is 2.65 bits per heavy atom. The third-order valence-electron chi connectivity index (χ3n) is 3.21. The van der Waals surface area contributed by atoms with E-state index < -0.39 is 18.1 Å². The van der Waals surface area contributed by atoms with Gasteiger partial charge in [-0.25, -0.2) is 0 Å². The van der Waals surface area contributed by atoms with Crippen molar-refractivity contribution >= 4 is 11.9 Å². The van der Waals surface area contributed by atoms with E-state index in [4.69, 9.17) is 10.8 Å². The first-order chi connectivity index (χ1) is 7.91. The van der Waals surface area contributed by atoms with Crippen LogP contribution in [0.4, 0.5) is 0 Å². The highest BCUT2D eigenvalue weighted by Gasteiger charge is 2.31. The number of aliphatic carboxylic acids is 1. The highest BCUT2D eigenvalue weighted by molar-refractivity contribution is 5.82. The lowest BCUT2D eigenvalue weighted by Crippen LogP contribution is -2.43. The van der Waals surface area contributed by atoms with Gasteiger partial charge in [-0.3, -0.25) is 9.59 Å². The zero-order valence-corrected chi connectivity index (χ0v) is 10.0. The monoisotopic (exact) mass is 244 g/mol. The van der Waals surface area contributed by atoms with Crippen LogP contribution in [0.3, 0.4) is 0 Å². The second-order valence-electron chi connectivity index (χ2n) is 4.61. The van der Waals surface area contributed by atoms with Crippen LogP contribution in [-0.4, -0.2) is 52.2 Å². The molecule has 0 bridgehead atoms. The molecule has 1 saturated heterocycles. The molecule has 0 aliphatic carbocycles. The van der Waals surface area contributed by atoms with Crippen molar-refractivity contribution in [2.45, 2.75) is 38.3 Å². The Kier molecular flexibility index (Phi) is 4.89. The minimum absolute atomic E-state index is 0.0966. The molecular weight excluding hydrogens is 224 g/mol. The molecule has 6 nitrogen and oxygen atoms in total. The van der Waals surface area contributed by atoms with Crippen LogP contribution in [0.25, 0.3) is 0 Å². The Bertz CT molecular complexity index is 293. The lowest BCUT2D eigenvalue weighted by molar-refractivity contribution is -0.137. The van der Waals surface area contributed by atoms with Gasteiger partial charge >= 0.3 is 5.97 Å². The van der Waals surface area contributed by atoms with E-state index in [-0.39, 0.29) is 24.7 Å². The molecule has 17 heavy (non-hydrogen) atoms. The van der Waals surface area contributed by atoms with Crippen LogP contribution in [0, 0.1) is 5.92 Å². The molecule has 1 amide bonds. The van der Waals surface area contributed by atoms with Crippen molar-refractivity contribution in [3.8, 4) is 0 Å². The summed E-state index contributed by atoms with van der Waals surface area (Å²) in [5.74, 6) is -1.06. The van der Waals surface area contributed by atoms with E-state index in [1.807, 2.05) is 0 Å². The summed E-state index contributed by atoms with van der Waals surface area (Å²) < 4.78 is 0. The van der Waals surface area contributed by atoms with Crippen molar-refractivity contribution in [2.75, 3.05) is 13.1 Å². The first-order valence-electron chi connectivity index (χ1n) is 5.86. The van der Waals surface area contributed by atoms with E-state index in [1.54, 1.807) is 11.8 Å². The summed E-state index contributed by atoms with van der Waals surface area (Å²) in [4.78, 5) is 23.8. The summed E-state index contributed by atoms with van der Waals surface area (Å²) in [6, 6.07) is -0.751. The lowest BCUT2D eigenvalue weighted by atomic mass is 10.0. The second-order valence-corrected chi connectivity index (χ2v) is 4.61. The quantitative estimate of drug-likeness (QED) is 0.599. The second kappa shape index (κ2) is 5.97. The molecule has 0 aromatic carbocycles. The maximum absolute atomic E-state index is 11.9. The Labute approximate surface area is 100 Å². The molecule has 0 aromatic heterocycles. The van der Waals surface area contributed by atoms with Gasteiger partial charge in [0, 0.05) is 25.4 Å². The average Bonchev–Trinajstić information content (AvgIpc) is 2.73. The van der Waals surface area contributed by atoms with Gasteiger partial charge in [0.25, 0.3) is 0 Å². The lowest BCUT2D eigenvalue weighted by Gasteiger charge is -2.21. The maximum atomic E-state index is 11.9. The Morgan fingerprint density at radius 2 is 2.18 bits per heavy atom. The van der Waals surface area contributed by atoms with Crippen LogP contribution in [0.2, 0.25) is 0 Å². The SMILES string of the molecule is CC(O)C1CCN(C(=O)C(N)CCC(=O)O)C1. The number of likely N-dealkylation sites (tertiary alicyclic amines) is 1. The van der Waals surface area contributed by atoms with Gasteiger partial charge in [-0.05, 0) is 19.8 Å². The highest BCUT2D eigenvalue weighted by Crippen LogP contribution is 2.20. The summed E-state index contributed by atoms with van der Waals surface area (Å²) >= 11 is 0. The molecule has 1 heterocycles. The molecule has 0 aromatic rings. The zero-order chi connectivity index (χ0) is 13.0. The number of carbonyl (C=O) groups excluding carboxylic acids is 1. The van der Waals surface area contributed by atoms with E-state index in [0.29, 0.717) is 13.1 Å². The van der Waals surface area contributed by atoms with Gasteiger partial charge in [0.2, 0.25) is 5.91 Å². The smallest absolute Gasteiger partial charge is 0.303 e. The van der Waals surface area contributed by atoms with Crippen molar-refractivity contribution in [3.05, 3.63) is 0 Å². The van der Waals surface area contributed by atoms with Crippen LogP contribution < -0.4 is 5.73 Å². The fraction of sp³-hybridized carbons (Fsp3) is 0.818. The topological polar surface area (TPSA) is 104 Å². The van der Waals surface area contributed by atoms with Gasteiger partial charge in [-0.15, -0.1) is 0 Å². The highest BCUT2D eigenvalue weighted by atomic mass is 16.4. The van der Waals surface area contributed by atoms with Crippen molar-refractivity contribution in [2.24, 2.45) is 11.7 Å². The van der Waals surface area contributed by atoms with Gasteiger partial charge in [0.15, 0.2) is 0 Å². The van der Waals surface area contributed by atoms with Crippen LogP contribution in [0.15, 0.2) is 0 Å². The van der Waals surface area contributed by atoms with Crippen molar-refractivity contribution in [3.63, 3.8) is 0 Å². The Hall–Kier alpha value is -1.14. The van der Waals surface area contributed by atoms with Crippen molar-refractivity contribution < 1.29 is 19.8 Å². The predicted octanol–water partition coefficient (Wildman–Crippen LogP) is -0.592. The maximum Gasteiger partial charge on any atom is 0.303 e. The number of hydrogen-bond donors (Lipinski definition) is 3. The number of amides is 1. The molecule has 6 heteroatoms. The van der Waals surface area contributed by atoms with E-state index in [9.17, 15) is 14.7 Å². The van der Waals surface area contributed by atoms with Gasteiger partial charge in [0.05, 0.1) is 12.1 Å². The molecule has 1 aliphatic heterocycles. The first kappa shape index (κ1) is 13.9. The molecule has 3 atom stereocenters. The molecule has 0 saturated carbocycles. The number of aliphatic hydroxyl groups is 1. The number of rotatable bonds is 5. The fourth-order valence-corrected chi connectivity index (χ4v) is 2.02. The first-order valence-corrected chi connectivity index (χ1v) is 5.86. The summed E-state index contributed by atoms with van der Waals surface area (Å²) in [5, 5.41) is 17.9. The van der Waals surface area contributed by atoms with E-state index in [1.165, 1.54) is 0 Å². The van der Waals surface area contributed by atoms with Crippen molar-refractivity contribution in [1.82, 2.24) is 4.90 Å².